The first-order valence-corrected chi connectivity index (χ1v) is 7.33. The fraction of sp³-hybridized carbons (Fsp3) is 0.625. The van der Waals surface area contributed by atoms with Gasteiger partial charge in [-0.05, 0) is 51.4 Å². The second kappa shape index (κ2) is 4.80. The number of anilines is 1. The van der Waals surface area contributed by atoms with Crippen LogP contribution in [0, 0.1) is 0 Å². The van der Waals surface area contributed by atoms with Crippen molar-refractivity contribution >= 4 is 5.69 Å². The number of likely N-dealkylation sites (tertiary alicyclic amines) is 1. The summed E-state index contributed by atoms with van der Waals surface area (Å²) in [6, 6.07) is 9.10. The normalized spacial score (nSPS) is 31.5. The number of rotatable bonds is 2. The lowest BCUT2D eigenvalue weighted by molar-refractivity contribution is -0.0171. The molecule has 0 amide bonds. The maximum absolute atomic E-state index is 10.9. The number of hydrogen-bond donors (Lipinski definition) is 1. The van der Waals surface area contributed by atoms with Gasteiger partial charge in [-0.25, -0.2) is 0 Å². The summed E-state index contributed by atoms with van der Waals surface area (Å²) in [5.74, 6) is 0. The van der Waals surface area contributed by atoms with Crippen LogP contribution >= 0.6 is 0 Å². The minimum absolute atomic E-state index is 0.494. The van der Waals surface area contributed by atoms with Crippen molar-refractivity contribution in [3.63, 3.8) is 0 Å². The molecule has 0 aliphatic carbocycles. The minimum atomic E-state index is -0.557. The molecule has 3 rings (SSSR count). The van der Waals surface area contributed by atoms with Gasteiger partial charge in [0.15, 0.2) is 0 Å². The van der Waals surface area contributed by atoms with Crippen molar-refractivity contribution in [2.45, 2.75) is 37.8 Å². The highest BCUT2D eigenvalue weighted by Gasteiger charge is 2.37. The van der Waals surface area contributed by atoms with Gasteiger partial charge in [0.1, 0.15) is 0 Å². The molecule has 3 nitrogen and oxygen atoms in total. The zero-order valence-corrected chi connectivity index (χ0v) is 12.0. The Morgan fingerprint density at radius 2 is 2.16 bits per heavy atom. The lowest BCUT2D eigenvalue weighted by Gasteiger charge is -2.41. The summed E-state index contributed by atoms with van der Waals surface area (Å²) in [6.45, 7) is 4.91. The topological polar surface area (TPSA) is 26.7 Å². The number of fused-ring (bicyclic) bond motifs is 1. The number of benzene rings is 1. The van der Waals surface area contributed by atoms with Crippen molar-refractivity contribution in [3.05, 3.63) is 29.8 Å². The highest BCUT2D eigenvalue weighted by Crippen LogP contribution is 2.34. The molecule has 1 N–H and O–H groups in total. The van der Waals surface area contributed by atoms with Crippen LogP contribution in [-0.2, 0) is 6.42 Å². The van der Waals surface area contributed by atoms with Gasteiger partial charge in [-0.1, -0.05) is 18.2 Å². The summed E-state index contributed by atoms with van der Waals surface area (Å²) in [5.41, 5.74) is 2.18. The lowest BCUT2D eigenvalue weighted by atomic mass is 9.92. The molecular weight excluding hydrogens is 236 g/mol. The molecule has 0 radical (unpaired) electrons. The first kappa shape index (κ1) is 12.9. The minimum Gasteiger partial charge on any atom is -0.387 e. The van der Waals surface area contributed by atoms with Crippen LogP contribution in [0.5, 0.6) is 0 Å². The van der Waals surface area contributed by atoms with Gasteiger partial charge in [-0.2, -0.15) is 0 Å². The van der Waals surface area contributed by atoms with Crippen molar-refractivity contribution in [1.82, 2.24) is 4.90 Å². The van der Waals surface area contributed by atoms with E-state index in [-0.39, 0.29) is 0 Å². The van der Waals surface area contributed by atoms with E-state index in [0.29, 0.717) is 6.04 Å². The Balaban J connectivity index is 1.79. The van der Waals surface area contributed by atoms with Gasteiger partial charge in [0.2, 0.25) is 0 Å². The summed E-state index contributed by atoms with van der Waals surface area (Å²) in [6.07, 6.45) is 3.11. The number of piperidine rings is 1. The van der Waals surface area contributed by atoms with E-state index in [1.807, 2.05) is 0 Å². The predicted molar refractivity (Wildman–Crippen MR) is 78.6 cm³/mol. The molecule has 1 saturated heterocycles. The van der Waals surface area contributed by atoms with E-state index >= 15 is 0 Å². The quantitative estimate of drug-likeness (QED) is 0.880. The van der Waals surface area contributed by atoms with E-state index in [4.69, 9.17) is 0 Å². The summed E-state index contributed by atoms with van der Waals surface area (Å²) >= 11 is 0. The second-order valence-electron chi connectivity index (χ2n) is 6.38. The maximum Gasteiger partial charge on any atom is 0.0948 e. The van der Waals surface area contributed by atoms with Crippen molar-refractivity contribution in [2.24, 2.45) is 0 Å². The molecule has 0 unspecified atom stereocenters. The van der Waals surface area contributed by atoms with Gasteiger partial charge >= 0.3 is 0 Å². The molecule has 0 spiro atoms. The largest absolute Gasteiger partial charge is 0.387 e. The monoisotopic (exact) mass is 260 g/mol. The Morgan fingerprint density at radius 1 is 1.37 bits per heavy atom. The number of nitrogens with zero attached hydrogens (tertiary/aromatic N) is 2. The molecule has 1 fully saturated rings. The standard InChI is InChI=1S/C16H24N2O/c1-13-10-14-6-3-4-7-15(14)18(13)12-16(19)8-5-9-17(2)11-16/h3-4,6-7,13,19H,5,8-12H2,1-2H3/t13-,16-/m1/s1. The SMILES string of the molecule is C[C@@H]1Cc2ccccc2N1C[C@@]1(O)CCCN(C)C1. The van der Waals surface area contributed by atoms with E-state index in [2.05, 4.69) is 48.0 Å². The van der Waals surface area contributed by atoms with Gasteiger partial charge in [0.25, 0.3) is 0 Å². The molecule has 104 valence electrons. The lowest BCUT2D eigenvalue weighted by Crippen LogP contribution is -2.54. The summed E-state index contributed by atoms with van der Waals surface area (Å²) in [4.78, 5) is 4.64. The Hall–Kier alpha value is -1.06. The van der Waals surface area contributed by atoms with Crippen molar-refractivity contribution in [2.75, 3.05) is 31.6 Å². The van der Waals surface area contributed by atoms with Gasteiger partial charge in [0.05, 0.1) is 5.60 Å². The number of para-hydroxylation sites is 1. The molecule has 2 aliphatic rings. The van der Waals surface area contributed by atoms with Crippen LogP contribution in [-0.4, -0.2) is 48.3 Å². The zero-order chi connectivity index (χ0) is 13.5. The number of β-amino-alcohol motifs (C(OH)–C–C–N with tert-alkyl or cyclic N) is 1. The van der Waals surface area contributed by atoms with Crippen LogP contribution in [0.2, 0.25) is 0 Å². The van der Waals surface area contributed by atoms with Crippen LogP contribution in [0.15, 0.2) is 24.3 Å². The highest BCUT2D eigenvalue weighted by atomic mass is 16.3. The third-order valence-corrected chi connectivity index (χ3v) is 4.56. The summed E-state index contributed by atoms with van der Waals surface area (Å²) in [7, 11) is 2.10. The van der Waals surface area contributed by atoms with E-state index in [0.717, 1.165) is 38.9 Å². The highest BCUT2D eigenvalue weighted by molar-refractivity contribution is 5.59. The van der Waals surface area contributed by atoms with E-state index < -0.39 is 5.60 Å². The third-order valence-electron chi connectivity index (χ3n) is 4.56. The van der Waals surface area contributed by atoms with Crippen molar-refractivity contribution in [3.8, 4) is 0 Å². The average molecular weight is 260 g/mol. The van der Waals surface area contributed by atoms with Crippen LogP contribution in [0.1, 0.15) is 25.3 Å². The molecule has 19 heavy (non-hydrogen) atoms. The molecule has 0 bridgehead atoms. The Kier molecular flexibility index (Phi) is 3.27. The first-order valence-electron chi connectivity index (χ1n) is 7.33. The predicted octanol–water partition coefficient (Wildman–Crippen LogP) is 1.89. The van der Waals surface area contributed by atoms with Gasteiger partial charge in [0, 0.05) is 24.8 Å². The molecule has 2 aliphatic heterocycles. The number of hydrogen-bond acceptors (Lipinski definition) is 3. The van der Waals surface area contributed by atoms with Gasteiger partial charge in [-0.3, -0.25) is 0 Å². The number of aliphatic hydroxyl groups is 1. The van der Waals surface area contributed by atoms with Gasteiger partial charge < -0.3 is 14.9 Å². The van der Waals surface area contributed by atoms with Crippen molar-refractivity contribution < 1.29 is 5.11 Å². The van der Waals surface area contributed by atoms with Crippen LogP contribution in [0.4, 0.5) is 5.69 Å². The molecule has 1 aromatic rings. The molecule has 3 heteroatoms. The van der Waals surface area contributed by atoms with Crippen LogP contribution < -0.4 is 4.90 Å². The second-order valence-corrected chi connectivity index (χ2v) is 6.38. The Bertz CT molecular complexity index is 462. The van der Waals surface area contributed by atoms with Gasteiger partial charge in [-0.15, -0.1) is 0 Å². The molecule has 0 saturated carbocycles. The molecule has 1 aromatic carbocycles. The first-order chi connectivity index (χ1) is 9.07. The number of likely N-dealkylation sites (N-methyl/N-ethyl adjacent to an activating group) is 1. The average Bonchev–Trinajstić information content (AvgIpc) is 2.65. The van der Waals surface area contributed by atoms with E-state index in [1.54, 1.807) is 0 Å². The van der Waals surface area contributed by atoms with E-state index in [9.17, 15) is 5.11 Å². The zero-order valence-electron chi connectivity index (χ0n) is 12.0. The summed E-state index contributed by atoms with van der Waals surface area (Å²) < 4.78 is 0. The molecular formula is C16H24N2O. The third kappa shape index (κ3) is 2.49. The summed E-state index contributed by atoms with van der Waals surface area (Å²) in [5, 5.41) is 10.9. The molecule has 0 aromatic heterocycles. The smallest absolute Gasteiger partial charge is 0.0948 e. The van der Waals surface area contributed by atoms with Crippen LogP contribution in [0.25, 0.3) is 0 Å². The Labute approximate surface area is 115 Å². The fourth-order valence-corrected chi connectivity index (χ4v) is 3.66. The van der Waals surface area contributed by atoms with Crippen molar-refractivity contribution in [1.29, 1.82) is 0 Å². The van der Waals surface area contributed by atoms with E-state index in [1.165, 1.54) is 11.3 Å². The molecule has 2 atom stereocenters. The fourth-order valence-electron chi connectivity index (χ4n) is 3.66. The molecule has 2 heterocycles. The van der Waals surface area contributed by atoms with Crippen LogP contribution in [0.3, 0.4) is 0 Å². The Morgan fingerprint density at radius 3 is 2.95 bits per heavy atom. The maximum atomic E-state index is 10.9.